The summed E-state index contributed by atoms with van der Waals surface area (Å²) in [6.45, 7) is 0.695. The number of hydrogen-bond donors (Lipinski definition) is 0. The Hall–Kier alpha value is -2.50. The molecule has 0 atom stereocenters. The first kappa shape index (κ1) is 18.3. The molecule has 7 heteroatoms. The molecule has 0 aliphatic rings. The second kappa shape index (κ2) is 8.25. The molecule has 1 amide bonds. The van der Waals surface area contributed by atoms with Gasteiger partial charge in [-0.15, -0.1) is 0 Å². The van der Waals surface area contributed by atoms with Crippen LogP contribution >= 0.6 is 23.2 Å². The average molecular weight is 391 g/mol. The van der Waals surface area contributed by atoms with Gasteiger partial charge in [-0.1, -0.05) is 40.5 Å². The molecule has 0 aliphatic heterocycles. The van der Waals surface area contributed by atoms with Gasteiger partial charge < -0.3 is 14.2 Å². The lowest BCUT2D eigenvalue weighted by Crippen LogP contribution is -2.31. The third-order valence-electron chi connectivity index (χ3n) is 3.73. The van der Waals surface area contributed by atoms with E-state index >= 15 is 0 Å². The van der Waals surface area contributed by atoms with Crippen molar-refractivity contribution in [1.29, 1.82) is 0 Å². The van der Waals surface area contributed by atoms with Crippen molar-refractivity contribution in [3.63, 3.8) is 0 Å². The highest BCUT2D eigenvalue weighted by Crippen LogP contribution is 2.24. The molecule has 0 bridgehead atoms. The number of rotatable bonds is 6. The topological polar surface area (TPSA) is 55.6 Å². The highest BCUT2D eigenvalue weighted by Gasteiger charge is 2.17. The summed E-state index contributed by atoms with van der Waals surface area (Å²) in [5.41, 5.74) is 1.03. The van der Waals surface area contributed by atoms with Gasteiger partial charge in [0.15, 0.2) is 11.5 Å². The van der Waals surface area contributed by atoms with Crippen molar-refractivity contribution in [1.82, 2.24) is 10.1 Å². The van der Waals surface area contributed by atoms with E-state index in [1.165, 1.54) is 4.90 Å². The van der Waals surface area contributed by atoms with Crippen LogP contribution in [0, 0.1) is 0 Å². The minimum atomic E-state index is -0.253. The molecule has 134 valence electrons. The molecule has 0 spiro atoms. The Balaban J connectivity index is 1.58. The summed E-state index contributed by atoms with van der Waals surface area (Å²) in [7, 11) is 1.68. The second-order valence-electron chi connectivity index (χ2n) is 5.59. The minimum absolute atomic E-state index is 0.232. The van der Waals surface area contributed by atoms with Crippen molar-refractivity contribution in [2.45, 2.75) is 0 Å². The third kappa shape index (κ3) is 4.36. The first-order valence-corrected chi connectivity index (χ1v) is 8.65. The van der Waals surface area contributed by atoms with E-state index in [0.29, 0.717) is 34.7 Å². The Kier molecular flexibility index (Phi) is 5.81. The zero-order valence-electron chi connectivity index (χ0n) is 14.0. The van der Waals surface area contributed by atoms with E-state index in [1.54, 1.807) is 49.5 Å². The molecule has 5 nitrogen and oxygen atoms in total. The number of nitrogens with zero attached hydrogens (tertiary/aromatic N) is 2. The maximum atomic E-state index is 12.5. The molecule has 0 aliphatic carbocycles. The van der Waals surface area contributed by atoms with Gasteiger partial charge in [-0.05, 0) is 36.4 Å². The van der Waals surface area contributed by atoms with Gasteiger partial charge in [0.25, 0.3) is 5.91 Å². The van der Waals surface area contributed by atoms with Gasteiger partial charge in [0.2, 0.25) is 0 Å². The number of halogens is 2. The van der Waals surface area contributed by atoms with Crippen LogP contribution in [-0.2, 0) is 0 Å². The summed E-state index contributed by atoms with van der Waals surface area (Å²) in [6.07, 6.45) is 0. The molecular formula is C19H16Cl2N2O3. The van der Waals surface area contributed by atoms with E-state index in [-0.39, 0.29) is 11.6 Å². The Morgan fingerprint density at radius 3 is 2.62 bits per heavy atom. The summed E-state index contributed by atoms with van der Waals surface area (Å²) in [5, 5.41) is 5.02. The van der Waals surface area contributed by atoms with Crippen LogP contribution in [0.3, 0.4) is 0 Å². The lowest BCUT2D eigenvalue weighted by Gasteiger charge is -2.16. The largest absolute Gasteiger partial charge is 0.490 e. The van der Waals surface area contributed by atoms with Gasteiger partial charge in [0.05, 0.1) is 11.6 Å². The fourth-order valence-electron chi connectivity index (χ4n) is 2.28. The fourth-order valence-corrected chi connectivity index (χ4v) is 2.59. The smallest absolute Gasteiger partial charge is 0.275 e. The molecule has 2 aromatic carbocycles. The maximum absolute atomic E-state index is 12.5. The van der Waals surface area contributed by atoms with Crippen LogP contribution < -0.4 is 4.74 Å². The number of para-hydroxylation sites is 1. The average Bonchev–Trinajstić information content (AvgIpc) is 3.13. The number of carbonyl (C=O) groups excluding carboxylic acids is 1. The normalized spacial score (nSPS) is 10.6. The molecule has 0 fully saturated rings. The molecule has 1 heterocycles. The van der Waals surface area contributed by atoms with E-state index in [0.717, 1.165) is 5.56 Å². The quantitative estimate of drug-likeness (QED) is 0.606. The van der Waals surface area contributed by atoms with Crippen LogP contribution in [0.25, 0.3) is 11.3 Å². The Morgan fingerprint density at radius 1 is 1.15 bits per heavy atom. The molecule has 0 saturated carbocycles. The summed E-state index contributed by atoms with van der Waals surface area (Å²) in [5.74, 6) is 0.837. The molecule has 3 rings (SSSR count). The van der Waals surface area contributed by atoms with Gasteiger partial charge in [0, 0.05) is 23.7 Å². The SMILES string of the molecule is CN(CCOc1ccccc1Cl)C(=O)c1cc(-c2ccc(Cl)cc2)on1. The molecule has 3 aromatic rings. The lowest BCUT2D eigenvalue weighted by molar-refractivity contribution is 0.0763. The third-order valence-corrected chi connectivity index (χ3v) is 4.29. The first-order valence-electron chi connectivity index (χ1n) is 7.90. The van der Waals surface area contributed by atoms with E-state index in [4.69, 9.17) is 32.5 Å². The van der Waals surface area contributed by atoms with Crippen LogP contribution in [0.2, 0.25) is 10.0 Å². The van der Waals surface area contributed by atoms with Crippen LogP contribution in [-0.4, -0.2) is 36.2 Å². The number of hydrogen-bond acceptors (Lipinski definition) is 4. The molecule has 26 heavy (non-hydrogen) atoms. The van der Waals surface area contributed by atoms with Gasteiger partial charge in [-0.25, -0.2) is 0 Å². The van der Waals surface area contributed by atoms with Crippen molar-refractivity contribution in [2.24, 2.45) is 0 Å². The molecule has 1 aromatic heterocycles. The van der Waals surface area contributed by atoms with E-state index in [9.17, 15) is 4.79 Å². The van der Waals surface area contributed by atoms with Crippen molar-refractivity contribution < 1.29 is 14.1 Å². The summed E-state index contributed by atoms with van der Waals surface area (Å²) in [6, 6.07) is 15.9. The van der Waals surface area contributed by atoms with E-state index in [2.05, 4.69) is 5.16 Å². The zero-order chi connectivity index (χ0) is 18.5. The van der Waals surface area contributed by atoms with Gasteiger partial charge >= 0.3 is 0 Å². The van der Waals surface area contributed by atoms with E-state index in [1.807, 2.05) is 12.1 Å². The lowest BCUT2D eigenvalue weighted by atomic mass is 10.1. The Labute approximate surface area is 161 Å². The molecular weight excluding hydrogens is 375 g/mol. The van der Waals surface area contributed by atoms with Gasteiger partial charge in [-0.2, -0.15) is 0 Å². The molecule has 0 unspecified atom stereocenters. The molecule has 0 N–H and O–H groups in total. The summed E-state index contributed by atoms with van der Waals surface area (Å²) >= 11 is 11.9. The van der Waals surface area contributed by atoms with Crippen molar-refractivity contribution in [2.75, 3.05) is 20.2 Å². The van der Waals surface area contributed by atoms with Crippen molar-refractivity contribution >= 4 is 29.1 Å². The number of benzene rings is 2. The van der Waals surface area contributed by atoms with Gasteiger partial charge in [0.1, 0.15) is 12.4 Å². The maximum Gasteiger partial charge on any atom is 0.275 e. The number of amides is 1. The standard InChI is InChI=1S/C19H16Cl2N2O3/c1-23(10-11-25-17-5-3-2-4-15(17)21)19(24)16-12-18(26-22-16)13-6-8-14(20)9-7-13/h2-9,12H,10-11H2,1H3. The molecule has 0 radical (unpaired) electrons. The molecule has 0 saturated heterocycles. The highest BCUT2D eigenvalue weighted by molar-refractivity contribution is 6.32. The highest BCUT2D eigenvalue weighted by atomic mass is 35.5. The van der Waals surface area contributed by atoms with Crippen LogP contribution in [0.15, 0.2) is 59.1 Å². The van der Waals surface area contributed by atoms with Gasteiger partial charge in [-0.3, -0.25) is 4.79 Å². The van der Waals surface area contributed by atoms with Crippen molar-refractivity contribution in [3.05, 3.63) is 70.3 Å². The number of ether oxygens (including phenoxy) is 1. The van der Waals surface area contributed by atoms with Crippen LogP contribution in [0.4, 0.5) is 0 Å². The zero-order valence-corrected chi connectivity index (χ0v) is 15.5. The van der Waals surface area contributed by atoms with Crippen molar-refractivity contribution in [3.8, 4) is 17.1 Å². The summed E-state index contributed by atoms with van der Waals surface area (Å²) in [4.78, 5) is 14.0. The van der Waals surface area contributed by atoms with Crippen LogP contribution in [0.1, 0.15) is 10.5 Å². The monoisotopic (exact) mass is 390 g/mol. The van der Waals surface area contributed by atoms with Crippen LogP contribution in [0.5, 0.6) is 5.75 Å². The van der Waals surface area contributed by atoms with E-state index < -0.39 is 0 Å². The Bertz CT molecular complexity index is 894. The number of likely N-dealkylation sites (N-methyl/N-ethyl adjacent to an activating group) is 1. The second-order valence-corrected chi connectivity index (χ2v) is 6.43. The number of carbonyl (C=O) groups is 1. The number of aromatic nitrogens is 1. The summed E-state index contributed by atoms with van der Waals surface area (Å²) < 4.78 is 10.9. The fraction of sp³-hybridized carbons (Fsp3) is 0.158. The predicted octanol–water partition coefficient (Wildman–Crippen LogP) is 4.80. The predicted molar refractivity (Wildman–Crippen MR) is 101 cm³/mol. The minimum Gasteiger partial charge on any atom is -0.490 e. The Morgan fingerprint density at radius 2 is 1.88 bits per heavy atom. The first-order chi connectivity index (χ1) is 12.5.